The molecule has 0 fully saturated rings. The summed E-state index contributed by atoms with van der Waals surface area (Å²) in [6.45, 7) is 4.03. The minimum atomic E-state index is 0.828. The van der Waals surface area contributed by atoms with Gasteiger partial charge in [0.25, 0.3) is 0 Å². The second-order valence-corrected chi connectivity index (χ2v) is 5.43. The highest BCUT2D eigenvalue weighted by Gasteiger charge is 2.10. The van der Waals surface area contributed by atoms with Crippen LogP contribution in [0.25, 0.3) is 10.9 Å². The van der Waals surface area contributed by atoms with Gasteiger partial charge < -0.3 is 5.73 Å². The third kappa shape index (κ3) is 1.73. The van der Waals surface area contributed by atoms with Gasteiger partial charge in [-0.3, -0.25) is 4.98 Å². The molecule has 0 unspecified atom stereocenters. The number of anilines is 1. The molecule has 0 radical (unpaired) electrons. The van der Waals surface area contributed by atoms with E-state index in [2.05, 4.69) is 43.5 Å². The first-order valence-corrected chi connectivity index (χ1v) is 6.40. The number of aromatic nitrogens is 1. The van der Waals surface area contributed by atoms with Gasteiger partial charge in [-0.15, -0.1) is 0 Å². The Hall–Kier alpha value is -0.360. The van der Waals surface area contributed by atoms with E-state index in [0.717, 1.165) is 35.9 Å². The molecule has 15 heavy (non-hydrogen) atoms. The van der Waals surface area contributed by atoms with Crippen LogP contribution < -0.4 is 5.73 Å². The number of aryl methyl sites for hydroxylation is 2. The summed E-state index contributed by atoms with van der Waals surface area (Å²) in [6.07, 6.45) is 0. The summed E-state index contributed by atoms with van der Waals surface area (Å²) in [4.78, 5) is 4.58. The monoisotopic (exact) mass is 376 g/mol. The maximum absolute atomic E-state index is 6.08. The number of hydrogen-bond acceptors (Lipinski definition) is 2. The Bertz CT molecular complexity index is 552. The van der Waals surface area contributed by atoms with E-state index in [1.54, 1.807) is 0 Å². The van der Waals surface area contributed by atoms with E-state index in [9.17, 15) is 0 Å². The second-order valence-electron chi connectivity index (χ2n) is 3.49. The number of rotatable bonds is 0. The van der Waals surface area contributed by atoms with Crippen molar-refractivity contribution in [3.8, 4) is 0 Å². The number of pyridine rings is 1. The summed E-state index contributed by atoms with van der Waals surface area (Å²) >= 11 is 5.74. The average molecular weight is 377 g/mol. The highest BCUT2D eigenvalue weighted by molar-refractivity contribution is 14.1. The summed E-state index contributed by atoms with van der Waals surface area (Å²) in [7, 11) is 0. The van der Waals surface area contributed by atoms with Crippen LogP contribution in [0.1, 0.15) is 11.3 Å². The lowest BCUT2D eigenvalue weighted by Crippen LogP contribution is -1.98. The average Bonchev–Trinajstić information content (AvgIpc) is 2.21. The van der Waals surface area contributed by atoms with E-state index < -0.39 is 0 Å². The molecule has 4 heteroatoms. The van der Waals surface area contributed by atoms with Gasteiger partial charge in [0.2, 0.25) is 0 Å². The third-order valence-electron chi connectivity index (χ3n) is 2.49. The molecule has 0 saturated carbocycles. The maximum Gasteiger partial charge on any atom is 0.0767 e. The Morgan fingerprint density at radius 1 is 1.33 bits per heavy atom. The first-order valence-electron chi connectivity index (χ1n) is 4.52. The van der Waals surface area contributed by atoms with Gasteiger partial charge in [-0.25, -0.2) is 0 Å². The van der Waals surface area contributed by atoms with Crippen molar-refractivity contribution in [2.75, 3.05) is 5.73 Å². The largest absolute Gasteiger partial charge is 0.397 e. The molecule has 2 N–H and O–H groups in total. The van der Waals surface area contributed by atoms with Crippen molar-refractivity contribution in [2.24, 2.45) is 0 Å². The van der Waals surface area contributed by atoms with Crippen LogP contribution in [0, 0.1) is 17.4 Å². The molecular formula is C11H10BrIN2. The highest BCUT2D eigenvalue weighted by atomic mass is 127. The van der Waals surface area contributed by atoms with Crippen molar-refractivity contribution in [3.63, 3.8) is 0 Å². The van der Waals surface area contributed by atoms with Gasteiger partial charge in [-0.2, -0.15) is 0 Å². The molecule has 0 spiro atoms. The summed E-state index contributed by atoms with van der Waals surface area (Å²) in [5, 5.41) is 1.03. The fourth-order valence-electron chi connectivity index (χ4n) is 1.57. The maximum atomic E-state index is 6.08. The smallest absolute Gasteiger partial charge is 0.0767 e. The Kier molecular flexibility index (Phi) is 2.89. The quantitative estimate of drug-likeness (QED) is 0.710. The number of hydrogen-bond donors (Lipinski definition) is 1. The molecule has 1 aromatic heterocycles. The van der Waals surface area contributed by atoms with Crippen molar-refractivity contribution in [2.45, 2.75) is 13.8 Å². The SMILES string of the molecule is Cc1nc2c(C)c(Br)ccc2c(N)c1I. The summed E-state index contributed by atoms with van der Waals surface area (Å²) < 4.78 is 2.12. The van der Waals surface area contributed by atoms with Crippen LogP contribution in [-0.2, 0) is 0 Å². The Morgan fingerprint density at radius 2 is 2.00 bits per heavy atom. The second kappa shape index (κ2) is 3.90. The molecule has 2 nitrogen and oxygen atoms in total. The number of halogens is 2. The lowest BCUT2D eigenvalue weighted by atomic mass is 10.1. The summed E-state index contributed by atoms with van der Waals surface area (Å²) in [5.74, 6) is 0. The fourth-order valence-corrected chi connectivity index (χ4v) is 2.30. The molecule has 0 aliphatic carbocycles. The molecule has 2 aromatic rings. The normalized spacial score (nSPS) is 10.9. The van der Waals surface area contributed by atoms with Crippen molar-refractivity contribution < 1.29 is 0 Å². The number of fused-ring (bicyclic) bond motifs is 1. The van der Waals surface area contributed by atoms with E-state index in [-0.39, 0.29) is 0 Å². The van der Waals surface area contributed by atoms with Crippen molar-refractivity contribution in [3.05, 3.63) is 31.4 Å². The first-order chi connectivity index (χ1) is 7.02. The molecule has 0 aliphatic rings. The van der Waals surface area contributed by atoms with Crippen molar-refractivity contribution in [1.82, 2.24) is 4.98 Å². The van der Waals surface area contributed by atoms with E-state index in [1.165, 1.54) is 0 Å². The predicted octanol–water partition coefficient (Wildman–Crippen LogP) is 3.80. The van der Waals surface area contributed by atoms with Crippen LogP contribution in [0.15, 0.2) is 16.6 Å². The van der Waals surface area contributed by atoms with E-state index in [4.69, 9.17) is 5.73 Å². The molecule has 0 saturated heterocycles. The lowest BCUT2D eigenvalue weighted by molar-refractivity contribution is 1.22. The standard InChI is InChI=1S/C11H10BrIN2/c1-5-8(12)4-3-7-10(14)9(13)6(2)15-11(5)7/h3-4H,1-2H3,(H2,14,15). The van der Waals surface area contributed by atoms with Crippen LogP contribution >= 0.6 is 38.5 Å². The minimum Gasteiger partial charge on any atom is -0.397 e. The fraction of sp³-hybridized carbons (Fsp3) is 0.182. The first kappa shape index (κ1) is 11.1. The Balaban J connectivity index is 2.98. The number of nitrogen functional groups attached to an aromatic ring is 1. The molecule has 0 amide bonds. The van der Waals surface area contributed by atoms with Gasteiger partial charge in [0.15, 0.2) is 0 Å². The van der Waals surface area contributed by atoms with Crippen molar-refractivity contribution >= 4 is 55.1 Å². The molecule has 0 atom stereocenters. The minimum absolute atomic E-state index is 0.828. The third-order valence-corrected chi connectivity index (χ3v) is 4.71. The summed E-state index contributed by atoms with van der Waals surface area (Å²) in [5.41, 5.74) is 10.0. The van der Waals surface area contributed by atoms with Crippen LogP contribution in [0.4, 0.5) is 5.69 Å². The zero-order valence-electron chi connectivity index (χ0n) is 8.44. The van der Waals surface area contributed by atoms with Crippen molar-refractivity contribution in [1.29, 1.82) is 0 Å². The van der Waals surface area contributed by atoms with Gasteiger partial charge in [0.1, 0.15) is 0 Å². The van der Waals surface area contributed by atoms with Crippen LogP contribution in [0.3, 0.4) is 0 Å². The zero-order chi connectivity index (χ0) is 11.2. The van der Waals surface area contributed by atoms with Gasteiger partial charge >= 0.3 is 0 Å². The van der Waals surface area contributed by atoms with Gasteiger partial charge in [0.05, 0.1) is 20.5 Å². The Labute approximate surface area is 111 Å². The number of nitrogens with two attached hydrogens (primary N) is 1. The molecule has 0 aliphatic heterocycles. The molecule has 2 rings (SSSR count). The topological polar surface area (TPSA) is 38.9 Å². The Morgan fingerprint density at radius 3 is 2.67 bits per heavy atom. The molecule has 78 valence electrons. The van der Waals surface area contributed by atoms with Gasteiger partial charge in [0, 0.05) is 9.86 Å². The van der Waals surface area contributed by atoms with Gasteiger partial charge in [-0.05, 0) is 54.1 Å². The lowest BCUT2D eigenvalue weighted by Gasteiger charge is -2.10. The number of benzene rings is 1. The zero-order valence-corrected chi connectivity index (χ0v) is 12.2. The van der Waals surface area contributed by atoms with Crippen LogP contribution in [-0.4, -0.2) is 4.98 Å². The molecule has 1 heterocycles. The predicted molar refractivity (Wildman–Crippen MR) is 76.0 cm³/mol. The number of nitrogens with zero attached hydrogens (tertiary/aromatic N) is 1. The van der Waals surface area contributed by atoms with E-state index >= 15 is 0 Å². The van der Waals surface area contributed by atoms with Crippen LogP contribution in [0.2, 0.25) is 0 Å². The van der Waals surface area contributed by atoms with E-state index in [0.29, 0.717) is 0 Å². The summed E-state index contributed by atoms with van der Waals surface area (Å²) in [6, 6.07) is 4.03. The van der Waals surface area contributed by atoms with E-state index in [1.807, 2.05) is 26.0 Å². The molecule has 1 aromatic carbocycles. The van der Waals surface area contributed by atoms with Gasteiger partial charge in [-0.1, -0.05) is 15.9 Å². The molecule has 0 bridgehead atoms. The van der Waals surface area contributed by atoms with Crippen LogP contribution in [0.5, 0.6) is 0 Å². The molecular weight excluding hydrogens is 367 g/mol. The highest BCUT2D eigenvalue weighted by Crippen LogP contribution is 2.31.